The van der Waals surface area contributed by atoms with Crippen molar-refractivity contribution in [2.45, 2.75) is 0 Å². The fourth-order valence-electron chi connectivity index (χ4n) is 6.68. The first kappa shape index (κ1) is 29.9. The lowest BCUT2D eigenvalue weighted by atomic mass is 9.86. The van der Waals surface area contributed by atoms with Crippen molar-refractivity contribution in [1.29, 1.82) is 0 Å². The number of nitrogens with zero attached hydrogens (tertiary/aromatic N) is 1. The van der Waals surface area contributed by atoms with E-state index in [0.717, 1.165) is 17.1 Å². The lowest BCUT2D eigenvalue weighted by Crippen LogP contribution is -2.11. The third-order valence-corrected chi connectivity index (χ3v) is 9.08. The van der Waals surface area contributed by atoms with Crippen molar-refractivity contribution in [3.05, 3.63) is 212 Å². The number of benzene rings is 8. The molecule has 8 aromatic rings. The van der Waals surface area contributed by atoms with Crippen molar-refractivity contribution in [2.75, 3.05) is 4.90 Å². The maximum Gasteiger partial charge on any atom is 0.0474 e. The van der Waals surface area contributed by atoms with E-state index in [1.54, 1.807) is 0 Å². The smallest absolute Gasteiger partial charge is 0.0474 e. The maximum atomic E-state index is 2.39. The van der Waals surface area contributed by atoms with Crippen molar-refractivity contribution in [2.24, 2.45) is 0 Å². The van der Waals surface area contributed by atoms with Gasteiger partial charge in [0, 0.05) is 17.1 Å². The van der Waals surface area contributed by atoms with Crippen LogP contribution in [0.1, 0.15) is 0 Å². The van der Waals surface area contributed by atoms with Gasteiger partial charge in [-0.15, -0.1) is 0 Å². The SMILES string of the molecule is c1ccc(-c2ccc(N(c3ccc(-c4ccccc4)cc3)c3cc(-c4ccccc4)c(-c4ccccc4)c(-c4ccccc4)c3)cc2)cc1. The zero-order valence-corrected chi connectivity index (χ0v) is 27.2. The molecule has 0 unspecified atom stereocenters. The van der Waals surface area contributed by atoms with Crippen molar-refractivity contribution < 1.29 is 0 Å². The van der Waals surface area contributed by atoms with Crippen LogP contribution in [0.15, 0.2) is 212 Å². The average molecular weight is 626 g/mol. The molecule has 0 radical (unpaired) electrons. The van der Waals surface area contributed by atoms with Gasteiger partial charge in [0.1, 0.15) is 0 Å². The normalized spacial score (nSPS) is 10.9. The van der Waals surface area contributed by atoms with Crippen LogP contribution in [-0.4, -0.2) is 0 Å². The third kappa shape index (κ3) is 6.31. The second-order valence-electron chi connectivity index (χ2n) is 12.2. The predicted octanol–water partition coefficient (Wildman–Crippen LogP) is 13.5. The molecule has 0 bridgehead atoms. The molecule has 0 saturated heterocycles. The molecular weight excluding hydrogens is 591 g/mol. The summed E-state index contributed by atoms with van der Waals surface area (Å²) in [6, 6.07) is 76.0. The summed E-state index contributed by atoms with van der Waals surface area (Å²) in [6.07, 6.45) is 0. The molecule has 0 amide bonds. The number of hydrogen-bond acceptors (Lipinski definition) is 1. The quantitative estimate of drug-likeness (QED) is 0.162. The van der Waals surface area contributed by atoms with Crippen molar-refractivity contribution in [1.82, 2.24) is 0 Å². The summed E-state index contributed by atoms with van der Waals surface area (Å²) in [7, 11) is 0. The van der Waals surface area contributed by atoms with E-state index in [0.29, 0.717) is 0 Å². The summed E-state index contributed by atoms with van der Waals surface area (Å²) in [5, 5.41) is 0. The Hall–Kier alpha value is -6.44. The lowest BCUT2D eigenvalue weighted by molar-refractivity contribution is 1.28. The Morgan fingerprint density at radius 1 is 0.224 bits per heavy atom. The summed E-state index contributed by atoms with van der Waals surface area (Å²) < 4.78 is 0. The van der Waals surface area contributed by atoms with Crippen LogP contribution < -0.4 is 4.90 Å². The fraction of sp³-hybridized carbons (Fsp3) is 0. The molecule has 8 rings (SSSR count). The molecule has 0 atom stereocenters. The van der Waals surface area contributed by atoms with Gasteiger partial charge in [-0.05, 0) is 92.0 Å². The van der Waals surface area contributed by atoms with Crippen molar-refractivity contribution >= 4 is 17.1 Å². The molecule has 232 valence electrons. The highest BCUT2D eigenvalue weighted by atomic mass is 15.1. The molecule has 0 saturated carbocycles. The van der Waals surface area contributed by atoms with E-state index in [9.17, 15) is 0 Å². The molecule has 0 spiro atoms. The Balaban J connectivity index is 1.36. The standard InChI is InChI=1S/C48H35N/c1-6-16-36(17-7-1)38-26-30-43(31-27-38)49(44-32-28-39(29-33-44)37-18-8-2-9-19-37)45-34-46(40-20-10-3-11-21-40)48(42-24-14-5-15-25-42)47(35-45)41-22-12-4-13-23-41/h1-35H. The summed E-state index contributed by atoms with van der Waals surface area (Å²) in [5.41, 5.74) is 15.2. The zero-order chi connectivity index (χ0) is 32.8. The number of rotatable bonds is 8. The van der Waals surface area contributed by atoms with E-state index in [1.807, 2.05) is 0 Å². The van der Waals surface area contributed by atoms with Crippen LogP contribution in [0.25, 0.3) is 55.6 Å². The number of anilines is 3. The van der Waals surface area contributed by atoms with Gasteiger partial charge in [-0.1, -0.05) is 176 Å². The van der Waals surface area contributed by atoms with E-state index in [4.69, 9.17) is 0 Å². The highest BCUT2D eigenvalue weighted by Crippen LogP contribution is 2.46. The molecule has 8 aromatic carbocycles. The molecule has 49 heavy (non-hydrogen) atoms. The minimum absolute atomic E-state index is 1.09. The van der Waals surface area contributed by atoms with Gasteiger partial charge in [0.25, 0.3) is 0 Å². The largest absolute Gasteiger partial charge is 0.310 e. The first-order valence-electron chi connectivity index (χ1n) is 16.8. The van der Waals surface area contributed by atoms with Gasteiger partial charge in [-0.3, -0.25) is 0 Å². The summed E-state index contributed by atoms with van der Waals surface area (Å²) >= 11 is 0. The van der Waals surface area contributed by atoms with Crippen molar-refractivity contribution in [3.8, 4) is 55.6 Å². The Labute approximate surface area is 289 Å². The second kappa shape index (κ2) is 13.7. The van der Waals surface area contributed by atoms with Crippen LogP contribution in [0.4, 0.5) is 17.1 Å². The van der Waals surface area contributed by atoms with E-state index in [2.05, 4.69) is 217 Å². The summed E-state index contributed by atoms with van der Waals surface area (Å²) in [4.78, 5) is 2.39. The average Bonchev–Trinajstić information content (AvgIpc) is 3.20. The molecule has 0 N–H and O–H groups in total. The Bertz CT molecular complexity index is 2120. The third-order valence-electron chi connectivity index (χ3n) is 9.08. The fourth-order valence-corrected chi connectivity index (χ4v) is 6.68. The van der Waals surface area contributed by atoms with E-state index in [1.165, 1.54) is 55.6 Å². The molecule has 1 heteroatoms. The highest BCUT2D eigenvalue weighted by molar-refractivity contribution is 5.98. The topological polar surface area (TPSA) is 3.24 Å². The molecule has 1 nitrogen and oxygen atoms in total. The van der Waals surface area contributed by atoms with Crippen LogP contribution in [0.5, 0.6) is 0 Å². The Morgan fingerprint density at radius 2 is 0.510 bits per heavy atom. The van der Waals surface area contributed by atoms with E-state index >= 15 is 0 Å². The monoisotopic (exact) mass is 625 g/mol. The van der Waals surface area contributed by atoms with Gasteiger partial charge < -0.3 is 4.90 Å². The van der Waals surface area contributed by atoms with Crippen LogP contribution in [0.2, 0.25) is 0 Å². The maximum absolute atomic E-state index is 2.39. The molecule has 0 aliphatic carbocycles. The van der Waals surface area contributed by atoms with Crippen LogP contribution in [0, 0.1) is 0 Å². The Morgan fingerprint density at radius 3 is 0.857 bits per heavy atom. The molecule has 0 aromatic heterocycles. The first-order chi connectivity index (χ1) is 24.3. The van der Waals surface area contributed by atoms with Crippen LogP contribution in [-0.2, 0) is 0 Å². The molecule has 0 fully saturated rings. The minimum atomic E-state index is 1.09. The summed E-state index contributed by atoms with van der Waals surface area (Å²) in [5.74, 6) is 0. The first-order valence-corrected chi connectivity index (χ1v) is 16.8. The van der Waals surface area contributed by atoms with Gasteiger partial charge >= 0.3 is 0 Å². The molecule has 0 heterocycles. The number of hydrogen-bond donors (Lipinski definition) is 0. The molecular formula is C48H35N. The van der Waals surface area contributed by atoms with Gasteiger partial charge in [-0.2, -0.15) is 0 Å². The lowest BCUT2D eigenvalue weighted by Gasteiger charge is -2.28. The van der Waals surface area contributed by atoms with E-state index < -0.39 is 0 Å². The van der Waals surface area contributed by atoms with Crippen LogP contribution >= 0.6 is 0 Å². The second-order valence-corrected chi connectivity index (χ2v) is 12.2. The Kier molecular flexibility index (Phi) is 8.39. The highest BCUT2D eigenvalue weighted by Gasteiger charge is 2.21. The van der Waals surface area contributed by atoms with Crippen LogP contribution in [0.3, 0.4) is 0 Å². The summed E-state index contributed by atoms with van der Waals surface area (Å²) in [6.45, 7) is 0. The van der Waals surface area contributed by atoms with Gasteiger partial charge in [0.2, 0.25) is 0 Å². The predicted molar refractivity (Wildman–Crippen MR) is 208 cm³/mol. The molecule has 0 aliphatic heterocycles. The van der Waals surface area contributed by atoms with Crippen molar-refractivity contribution in [3.63, 3.8) is 0 Å². The minimum Gasteiger partial charge on any atom is -0.310 e. The van der Waals surface area contributed by atoms with E-state index in [-0.39, 0.29) is 0 Å². The van der Waals surface area contributed by atoms with Gasteiger partial charge in [-0.25, -0.2) is 0 Å². The zero-order valence-electron chi connectivity index (χ0n) is 27.2. The van der Waals surface area contributed by atoms with Gasteiger partial charge in [0.05, 0.1) is 0 Å². The molecule has 0 aliphatic rings. The van der Waals surface area contributed by atoms with Gasteiger partial charge in [0.15, 0.2) is 0 Å².